The van der Waals surface area contributed by atoms with E-state index in [2.05, 4.69) is 5.10 Å². The monoisotopic (exact) mass is 408 g/mol. The van der Waals surface area contributed by atoms with E-state index in [0.717, 1.165) is 11.1 Å². The molecule has 28 heavy (non-hydrogen) atoms. The van der Waals surface area contributed by atoms with Crippen molar-refractivity contribution in [1.29, 1.82) is 0 Å². The van der Waals surface area contributed by atoms with Gasteiger partial charge in [0.25, 0.3) is 11.6 Å². The SMILES string of the molecule is Cc1ccc(C2=NN(C(=O)CSCc3ccccc3)[C@@](O)(C(F)(F)F)C2)cc1. The van der Waals surface area contributed by atoms with Crippen LogP contribution in [0.15, 0.2) is 59.7 Å². The third-order valence-corrected chi connectivity index (χ3v) is 5.39. The van der Waals surface area contributed by atoms with Crippen LogP contribution in [-0.2, 0) is 10.5 Å². The molecule has 0 radical (unpaired) electrons. The number of amides is 1. The zero-order valence-electron chi connectivity index (χ0n) is 15.1. The van der Waals surface area contributed by atoms with Gasteiger partial charge in [-0.15, -0.1) is 11.8 Å². The van der Waals surface area contributed by atoms with Crippen LogP contribution in [0.3, 0.4) is 0 Å². The Morgan fingerprint density at radius 3 is 2.43 bits per heavy atom. The highest BCUT2D eigenvalue weighted by Gasteiger charge is 2.63. The van der Waals surface area contributed by atoms with E-state index in [0.29, 0.717) is 11.3 Å². The maximum atomic E-state index is 13.6. The lowest BCUT2D eigenvalue weighted by Crippen LogP contribution is -2.57. The van der Waals surface area contributed by atoms with Crippen molar-refractivity contribution in [2.24, 2.45) is 5.10 Å². The summed E-state index contributed by atoms with van der Waals surface area (Å²) in [5.74, 6) is -0.639. The van der Waals surface area contributed by atoms with Gasteiger partial charge in [0.15, 0.2) is 0 Å². The van der Waals surface area contributed by atoms with Gasteiger partial charge in [0.1, 0.15) is 0 Å². The highest BCUT2D eigenvalue weighted by Crippen LogP contribution is 2.41. The standard InChI is InChI=1S/C20H19F3N2O2S/c1-14-7-9-16(10-8-14)17-11-19(27,20(21,22)23)25(24-17)18(26)13-28-12-15-5-3-2-4-6-15/h2-10,27H,11-13H2,1H3/t19-/m0/s1. The van der Waals surface area contributed by atoms with E-state index in [1.807, 2.05) is 37.3 Å². The summed E-state index contributed by atoms with van der Waals surface area (Å²) in [6.07, 6.45) is -5.82. The number of thioether (sulfide) groups is 1. The molecule has 1 heterocycles. The molecule has 1 atom stereocenters. The van der Waals surface area contributed by atoms with Gasteiger partial charge in [0, 0.05) is 5.75 Å². The lowest BCUT2D eigenvalue weighted by atomic mass is 10.00. The molecule has 0 saturated carbocycles. The maximum Gasteiger partial charge on any atom is 0.438 e. The van der Waals surface area contributed by atoms with Crippen molar-refractivity contribution in [3.05, 3.63) is 71.3 Å². The molecule has 2 aromatic carbocycles. The van der Waals surface area contributed by atoms with Crippen molar-refractivity contribution < 1.29 is 23.1 Å². The average molecular weight is 408 g/mol. The smallest absolute Gasteiger partial charge is 0.362 e. The predicted octanol–water partition coefficient (Wildman–Crippen LogP) is 4.12. The van der Waals surface area contributed by atoms with Crippen molar-refractivity contribution in [3.63, 3.8) is 0 Å². The normalized spacial score (nSPS) is 19.6. The number of rotatable bonds is 5. The number of benzene rings is 2. The highest BCUT2D eigenvalue weighted by molar-refractivity contribution is 7.99. The van der Waals surface area contributed by atoms with Crippen LogP contribution in [0.25, 0.3) is 0 Å². The van der Waals surface area contributed by atoms with Crippen LogP contribution in [0, 0.1) is 6.92 Å². The van der Waals surface area contributed by atoms with Crippen LogP contribution in [-0.4, -0.2) is 39.4 Å². The summed E-state index contributed by atoms with van der Waals surface area (Å²) in [4.78, 5) is 12.5. The van der Waals surface area contributed by atoms with Crippen molar-refractivity contribution in [2.75, 3.05) is 5.75 Å². The summed E-state index contributed by atoms with van der Waals surface area (Å²) in [5.41, 5.74) is -0.963. The Kier molecular flexibility index (Phi) is 5.81. The molecule has 0 saturated heterocycles. The van der Waals surface area contributed by atoms with Crippen LogP contribution in [0.1, 0.15) is 23.1 Å². The number of carbonyl (C=O) groups excluding carboxylic acids is 1. The lowest BCUT2D eigenvalue weighted by molar-refractivity contribution is -0.301. The molecule has 0 spiro atoms. The highest BCUT2D eigenvalue weighted by atomic mass is 32.2. The quantitative estimate of drug-likeness (QED) is 0.810. The van der Waals surface area contributed by atoms with E-state index < -0.39 is 24.2 Å². The molecule has 148 valence electrons. The first-order chi connectivity index (χ1) is 13.2. The van der Waals surface area contributed by atoms with Gasteiger partial charge >= 0.3 is 6.18 Å². The number of aryl methyl sites for hydroxylation is 1. The summed E-state index contributed by atoms with van der Waals surface area (Å²) in [6, 6.07) is 16.0. The minimum absolute atomic E-state index is 0.0289. The van der Waals surface area contributed by atoms with Gasteiger partial charge in [-0.3, -0.25) is 4.79 Å². The number of alkyl halides is 3. The predicted molar refractivity (Wildman–Crippen MR) is 103 cm³/mol. The number of nitrogens with zero attached hydrogens (tertiary/aromatic N) is 2. The van der Waals surface area contributed by atoms with E-state index >= 15 is 0 Å². The fraction of sp³-hybridized carbons (Fsp3) is 0.300. The minimum Gasteiger partial charge on any atom is -0.362 e. The van der Waals surface area contributed by atoms with Crippen LogP contribution < -0.4 is 0 Å². The Balaban J connectivity index is 1.77. The molecule has 4 nitrogen and oxygen atoms in total. The number of hydrogen-bond donors (Lipinski definition) is 1. The van der Waals surface area contributed by atoms with Gasteiger partial charge in [-0.1, -0.05) is 60.2 Å². The van der Waals surface area contributed by atoms with Crippen molar-refractivity contribution >= 4 is 23.4 Å². The zero-order chi connectivity index (χ0) is 20.4. The van der Waals surface area contributed by atoms with E-state index in [1.165, 1.54) is 11.8 Å². The second-order valence-electron chi connectivity index (χ2n) is 6.59. The first-order valence-corrected chi connectivity index (χ1v) is 9.74. The number of halogens is 3. The fourth-order valence-corrected chi connectivity index (χ4v) is 3.65. The molecule has 3 rings (SSSR count). The Hall–Kier alpha value is -2.32. The largest absolute Gasteiger partial charge is 0.438 e. The Labute approximate surface area is 165 Å². The second kappa shape index (κ2) is 7.97. The topological polar surface area (TPSA) is 52.9 Å². The van der Waals surface area contributed by atoms with E-state index in [1.54, 1.807) is 24.3 Å². The van der Waals surface area contributed by atoms with Crippen LogP contribution in [0.2, 0.25) is 0 Å². The van der Waals surface area contributed by atoms with Crippen LogP contribution >= 0.6 is 11.8 Å². The molecule has 8 heteroatoms. The van der Waals surface area contributed by atoms with Gasteiger partial charge in [-0.25, -0.2) is 0 Å². The Bertz CT molecular complexity index is 869. The molecule has 0 aromatic heterocycles. The average Bonchev–Trinajstić information content (AvgIpc) is 3.02. The molecule has 0 fully saturated rings. The third kappa shape index (κ3) is 4.23. The molecule has 1 N–H and O–H groups in total. The number of carbonyl (C=O) groups is 1. The zero-order valence-corrected chi connectivity index (χ0v) is 15.9. The molecular formula is C20H19F3N2O2S. The van der Waals surface area contributed by atoms with Crippen molar-refractivity contribution in [1.82, 2.24) is 5.01 Å². The summed E-state index contributed by atoms with van der Waals surface area (Å²) >= 11 is 1.17. The third-order valence-electron chi connectivity index (χ3n) is 4.40. The van der Waals surface area contributed by atoms with Gasteiger partial charge < -0.3 is 5.11 Å². The van der Waals surface area contributed by atoms with E-state index in [4.69, 9.17) is 0 Å². The molecular weight excluding hydrogens is 389 g/mol. The summed E-state index contributed by atoms with van der Waals surface area (Å²) < 4.78 is 40.7. The summed E-state index contributed by atoms with van der Waals surface area (Å²) in [5, 5.41) is 14.4. The molecule has 1 aliphatic rings. The van der Waals surface area contributed by atoms with Crippen molar-refractivity contribution in [3.8, 4) is 0 Å². The van der Waals surface area contributed by atoms with E-state index in [9.17, 15) is 23.1 Å². The van der Waals surface area contributed by atoms with Crippen molar-refractivity contribution in [2.45, 2.75) is 31.0 Å². The van der Waals surface area contributed by atoms with E-state index in [-0.39, 0.29) is 16.5 Å². The molecule has 1 amide bonds. The van der Waals surface area contributed by atoms with Crippen LogP contribution in [0.4, 0.5) is 13.2 Å². The van der Waals surface area contributed by atoms with Gasteiger partial charge in [-0.2, -0.15) is 23.3 Å². The summed E-state index contributed by atoms with van der Waals surface area (Å²) in [6.45, 7) is 1.85. The first-order valence-electron chi connectivity index (χ1n) is 8.59. The first kappa shape index (κ1) is 20.4. The molecule has 2 aromatic rings. The maximum absolute atomic E-state index is 13.6. The minimum atomic E-state index is -5.03. The van der Waals surface area contributed by atoms with Gasteiger partial charge in [-0.05, 0) is 18.1 Å². The van der Waals surface area contributed by atoms with Gasteiger partial charge in [0.05, 0.1) is 17.9 Å². The second-order valence-corrected chi connectivity index (χ2v) is 7.57. The number of hydrazone groups is 1. The molecule has 0 aliphatic carbocycles. The molecule has 0 bridgehead atoms. The summed E-state index contributed by atoms with van der Waals surface area (Å²) in [7, 11) is 0. The lowest BCUT2D eigenvalue weighted by Gasteiger charge is -2.32. The number of hydrogen-bond acceptors (Lipinski definition) is 4. The molecule has 1 aliphatic heterocycles. The number of aliphatic hydroxyl groups is 1. The fourth-order valence-electron chi connectivity index (χ4n) is 2.83. The molecule has 0 unspecified atom stereocenters. The Morgan fingerprint density at radius 2 is 1.82 bits per heavy atom. The van der Waals surface area contributed by atoms with Crippen LogP contribution in [0.5, 0.6) is 0 Å². The Morgan fingerprint density at radius 1 is 1.18 bits per heavy atom. The van der Waals surface area contributed by atoms with Gasteiger partial charge in [0.2, 0.25) is 0 Å².